The zero-order chi connectivity index (χ0) is 23.7. The first-order valence-electron chi connectivity index (χ1n) is 10.6. The van der Waals surface area contributed by atoms with E-state index < -0.39 is 0 Å². The Labute approximate surface area is 199 Å². The smallest absolute Gasteiger partial charge is 0.257 e. The second-order valence-electron chi connectivity index (χ2n) is 7.56. The lowest BCUT2D eigenvalue weighted by atomic mass is 10.1. The molecule has 0 saturated heterocycles. The molecule has 3 aromatic carbocycles. The van der Waals surface area contributed by atoms with Gasteiger partial charge in [-0.1, -0.05) is 11.6 Å². The summed E-state index contributed by atoms with van der Waals surface area (Å²) in [5.74, 6) is 0.456. The summed E-state index contributed by atoms with van der Waals surface area (Å²) >= 11 is 6.32. The number of aryl methyl sites for hydroxylation is 1. The molecule has 0 saturated carbocycles. The van der Waals surface area contributed by atoms with E-state index >= 15 is 0 Å². The minimum Gasteiger partial charge on any atom is -0.494 e. The van der Waals surface area contributed by atoms with Crippen molar-refractivity contribution in [2.24, 2.45) is 0 Å². The van der Waals surface area contributed by atoms with E-state index in [1.165, 1.54) is 0 Å². The highest BCUT2D eigenvalue weighted by Gasteiger charge is 2.15. The summed E-state index contributed by atoms with van der Waals surface area (Å²) in [7, 11) is 0. The van der Waals surface area contributed by atoms with Crippen molar-refractivity contribution in [2.75, 3.05) is 11.9 Å². The van der Waals surface area contributed by atoms with Crippen LogP contribution in [-0.4, -0.2) is 42.3 Å². The van der Waals surface area contributed by atoms with Crippen LogP contribution in [0.25, 0.3) is 22.4 Å². The number of amides is 1. The van der Waals surface area contributed by atoms with E-state index in [0.717, 1.165) is 28.2 Å². The number of hydrogen-bond acceptors (Lipinski definition) is 6. The number of halogens is 1. The first kappa shape index (κ1) is 21.6. The number of carbonyl (C=O) groups is 1. The molecule has 0 radical (unpaired) electrons. The molecular weight excluding hydrogens is 454 g/mol. The Hall–Kier alpha value is -4.24. The third-order valence-corrected chi connectivity index (χ3v) is 5.59. The quantitative estimate of drug-likeness (QED) is 0.386. The van der Waals surface area contributed by atoms with Crippen molar-refractivity contribution >= 4 is 34.2 Å². The summed E-state index contributed by atoms with van der Waals surface area (Å²) in [5.41, 5.74) is 4.72. The van der Waals surface area contributed by atoms with E-state index in [2.05, 4.69) is 25.7 Å². The fourth-order valence-electron chi connectivity index (χ4n) is 3.53. The molecule has 0 aliphatic carbocycles. The summed E-state index contributed by atoms with van der Waals surface area (Å²) in [6.07, 6.45) is 3.10. The van der Waals surface area contributed by atoms with Gasteiger partial charge in [-0.25, -0.2) is 0 Å². The van der Waals surface area contributed by atoms with Crippen molar-refractivity contribution in [3.05, 3.63) is 83.4 Å². The third-order valence-electron chi connectivity index (χ3n) is 5.26. The van der Waals surface area contributed by atoms with E-state index in [9.17, 15) is 4.79 Å². The van der Waals surface area contributed by atoms with Crippen molar-refractivity contribution < 1.29 is 9.53 Å². The maximum Gasteiger partial charge on any atom is 0.257 e. The molecule has 9 nitrogen and oxygen atoms in total. The number of benzene rings is 3. The number of rotatable bonds is 6. The fraction of sp³-hybridized carbons (Fsp3) is 0.125. The van der Waals surface area contributed by atoms with Gasteiger partial charge in [0.1, 0.15) is 29.4 Å². The highest BCUT2D eigenvalue weighted by molar-refractivity contribution is 6.34. The number of hydrogen-bond donors (Lipinski definition) is 1. The van der Waals surface area contributed by atoms with Crippen LogP contribution in [0.5, 0.6) is 5.75 Å². The molecular formula is C24H20ClN7O2. The Morgan fingerprint density at radius 3 is 2.35 bits per heavy atom. The SMILES string of the molecule is CCOc1ccc(-n2nc3cc(C)c(NC(=O)c4cc(-n5cnnc5)ccc4Cl)cc3n2)cc1. The first-order valence-corrected chi connectivity index (χ1v) is 11.0. The highest BCUT2D eigenvalue weighted by atomic mass is 35.5. The maximum atomic E-state index is 13.1. The van der Waals surface area contributed by atoms with Crippen LogP contribution in [0.2, 0.25) is 5.02 Å². The molecule has 5 rings (SSSR count). The van der Waals surface area contributed by atoms with E-state index in [1.54, 1.807) is 46.3 Å². The standard InChI is InChI=1S/C24H20ClN7O2/c1-3-34-18-7-4-16(5-8-18)32-29-22-10-15(2)21(12-23(22)30-32)28-24(33)19-11-17(6-9-20(19)25)31-13-26-27-14-31/h4-14H,3H2,1-2H3,(H,28,33). The molecule has 0 bridgehead atoms. The molecule has 2 heterocycles. The molecule has 0 aliphatic rings. The van der Waals surface area contributed by atoms with Gasteiger partial charge in [0.15, 0.2) is 0 Å². The molecule has 170 valence electrons. The molecule has 10 heteroatoms. The van der Waals surface area contributed by atoms with E-state index in [-0.39, 0.29) is 5.91 Å². The minimum atomic E-state index is -0.332. The predicted octanol–water partition coefficient (Wildman–Crippen LogP) is 4.61. The molecule has 1 N–H and O–H groups in total. The van der Waals surface area contributed by atoms with Crippen LogP contribution in [0.1, 0.15) is 22.8 Å². The van der Waals surface area contributed by atoms with Crippen LogP contribution in [0.4, 0.5) is 5.69 Å². The Morgan fingerprint density at radius 2 is 1.65 bits per heavy atom. The number of aromatic nitrogens is 6. The van der Waals surface area contributed by atoms with Crippen LogP contribution >= 0.6 is 11.6 Å². The molecule has 34 heavy (non-hydrogen) atoms. The summed E-state index contributed by atoms with van der Waals surface area (Å²) in [5, 5.41) is 20.0. The summed E-state index contributed by atoms with van der Waals surface area (Å²) in [4.78, 5) is 14.6. The number of fused-ring (bicyclic) bond motifs is 1. The average Bonchev–Trinajstić information content (AvgIpc) is 3.50. The van der Waals surface area contributed by atoms with Gasteiger partial charge in [-0.15, -0.1) is 20.4 Å². The maximum absolute atomic E-state index is 13.1. The lowest BCUT2D eigenvalue weighted by Gasteiger charge is -2.11. The van der Waals surface area contributed by atoms with Crippen LogP contribution in [0.3, 0.4) is 0 Å². The Balaban J connectivity index is 1.42. The van der Waals surface area contributed by atoms with Gasteiger partial charge in [0, 0.05) is 11.4 Å². The second-order valence-corrected chi connectivity index (χ2v) is 7.97. The first-order chi connectivity index (χ1) is 16.5. The monoisotopic (exact) mass is 473 g/mol. The Morgan fingerprint density at radius 1 is 0.971 bits per heavy atom. The zero-order valence-corrected chi connectivity index (χ0v) is 19.2. The number of carbonyl (C=O) groups excluding carboxylic acids is 1. The molecule has 5 aromatic rings. The lowest BCUT2D eigenvalue weighted by molar-refractivity contribution is 0.102. The molecule has 2 aromatic heterocycles. The van der Waals surface area contributed by atoms with Gasteiger partial charge >= 0.3 is 0 Å². The summed E-state index contributed by atoms with van der Waals surface area (Å²) in [6, 6.07) is 16.4. The molecule has 0 aliphatic heterocycles. The molecule has 0 fully saturated rings. The highest BCUT2D eigenvalue weighted by Crippen LogP contribution is 2.25. The van der Waals surface area contributed by atoms with Gasteiger partial charge in [0.25, 0.3) is 5.91 Å². The summed E-state index contributed by atoms with van der Waals surface area (Å²) < 4.78 is 7.19. The van der Waals surface area contributed by atoms with Crippen LogP contribution in [0, 0.1) is 6.92 Å². The fourth-order valence-corrected chi connectivity index (χ4v) is 3.74. The molecule has 0 unspecified atom stereocenters. The van der Waals surface area contributed by atoms with Crippen LogP contribution in [-0.2, 0) is 0 Å². The van der Waals surface area contributed by atoms with E-state index in [1.807, 2.05) is 44.2 Å². The van der Waals surface area contributed by atoms with Crippen LogP contribution < -0.4 is 10.1 Å². The normalized spacial score (nSPS) is 11.0. The van der Waals surface area contributed by atoms with Gasteiger partial charge in [-0.05, 0) is 74.0 Å². The number of ether oxygens (including phenoxy) is 1. The molecule has 1 amide bonds. The van der Waals surface area contributed by atoms with Crippen molar-refractivity contribution in [3.63, 3.8) is 0 Å². The number of nitrogens with one attached hydrogen (secondary N) is 1. The largest absolute Gasteiger partial charge is 0.494 e. The molecule has 0 spiro atoms. The topological polar surface area (TPSA) is 99.8 Å². The lowest BCUT2D eigenvalue weighted by Crippen LogP contribution is -2.14. The van der Waals surface area contributed by atoms with Gasteiger partial charge in [-0.3, -0.25) is 9.36 Å². The van der Waals surface area contributed by atoms with Crippen molar-refractivity contribution in [3.8, 4) is 17.1 Å². The van der Waals surface area contributed by atoms with Gasteiger partial charge in [0.2, 0.25) is 0 Å². The average molecular weight is 474 g/mol. The Kier molecular flexibility index (Phi) is 5.69. The second kappa shape index (κ2) is 8.95. The summed E-state index contributed by atoms with van der Waals surface area (Å²) in [6.45, 7) is 4.45. The third kappa shape index (κ3) is 4.20. The van der Waals surface area contributed by atoms with E-state index in [0.29, 0.717) is 28.4 Å². The molecule has 0 atom stereocenters. The van der Waals surface area contributed by atoms with E-state index in [4.69, 9.17) is 16.3 Å². The van der Waals surface area contributed by atoms with Gasteiger partial charge in [-0.2, -0.15) is 4.80 Å². The van der Waals surface area contributed by atoms with Gasteiger partial charge in [0.05, 0.1) is 22.9 Å². The van der Waals surface area contributed by atoms with Crippen LogP contribution in [0.15, 0.2) is 67.3 Å². The number of nitrogens with zero attached hydrogens (tertiary/aromatic N) is 6. The van der Waals surface area contributed by atoms with Gasteiger partial charge < -0.3 is 10.1 Å². The predicted molar refractivity (Wildman–Crippen MR) is 129 cm³/mol. The van der Waals surface area contributed by atoms with Crippen molar-refractivity contribution in [1.82, 2.24) is 29.8 Å². The zero-order valence-electron chi connectivity index (χ0n) is 18.4. The Bertz CT molecular complexity index is 1480. The van der Waals surface area contributed by atoms with Crippen molar-refractivity contribution in [2.45, 2.75) is 13.8 Å². The number of anilines is 1. The van der Waals surface area contributed by atoms with Crippen molar-refractivity contribution in [1.29, 1.82) is 0 Å². The minimum absolute atomic E-state index is 0.332.